The molecule has 0 radical (unpaired) electrons. The summed E-state index contributed by atoms with van der Waals surface area (Å²) in [6, 6.07) is 0. The molecule has 0 aromatic carbocycles. The Bertz CT molecular complexity index is 281. The average molecular weight is 289 g/mol. The lowest BCUT2D eigenvalue weighted by molar-refractivity contribution is -0.178. The number of aliphatic hydroxyl groups excluding tert-OH is 1. The third-order valence-corrected chi connectivity index (χ3v) is 3.45. The van der Waals surface area contributed by atoms with Crippen LogP contribution in [-0.4, -0.2) is 53.1 Å². The predicted octanol–water partition coefficient (Wildman–Crippen LogP) is 1.77. The van der Waals surface area contributed by atoms with Crippen LogP contribution in [0.5, 0.6) is 0 Å². The minimum absolute atomic E-state index is 0.170. The van der Waals surface area contributed by atoms with Crippen molar-refractivity contribution in [3.05, 3.63) is 0 Å². The molecule has 2 N–H and O–H groups in total. The van der Waals surface area contributed by atoms with Crippen molar-refractivity contribution in [2.45, 2.75) is 65.2 Å². The number of unbranched alkanes of at least 4 members (excludes halogenated alkanes) is 1. The zero-order valence-corrected chi connectivity index (χ0v) is 13.6. The Labute approximate surface area is 122 Å². The zero-order chi connectivity index (χ0) is 15.8. The fraction of sp³-hybridized carbons (Fsp3) is 0.933. The Morgan fingerprint density at radius 3 is 2.45 bits per heavy atom. The molecule has 0 aliphatic rings. The summed E-state index contributed by atoms with van der Waals surface area (Å²) < 4.78 is 5.14. The van der Waals surface area contributed by atoms with Crippen LogP contribution < -0.4 is 0 Å². The maximum atomic E-state index is 11.8. The second-order valence-electron chi connectivity index (χ2n) is 5.86. The van der Waals surface area contributed by atoms with E-state index in [0.29, 0.717) is 6.54 Å². The molecule has 0 heterocycles. The molecule has 0 aromatic heterocycles. The van der Waals surface area contributed by atoms with Crippen LogP contribution in [0.25, 0.3) is 0 Å². The molecule has 0 rings (SSSR count). The zero-order valence-electron chi connectivity index (χ0n) is 13.6. The molecule has 0 amide bonds. The minimum Gasteiger partial charge on any atom is -0.462 e. The summed E-state index contributed by atoms with van der Waals surface area (Å²) in [4.78, 5) is 13.4. The van der Waals surface area contributed by atoms with Gasteiger partial charge >= 0.3 is 5.97 Å². The van der Waals surface area contributed by atoms with Crippen molar-refractivity contribution in [2.24, 2.45) is 5.92 Å². The molecule has 3 atom stereocenters. The Hall–Kier alpha value is -0.650. The second kappa shape index (κ2) is 9.32. The molecule has 0 aromatic rings. The molecule has 5 heteroatoms. The number of rotatable bonds is 10. The quantitative estimate of drug-likeness (QED) is 0.474. The monoisotopic (exact) mass is 289 g/mol. The van der Waals surface area contributed by atoms with Crippen LogP contribution in [0.3, 0.4) is 0 Å². The molecule has 0 saturated heterocycles. The Morgan fingerprint density at radius 1 is 1.35 bits per heavy atom. The lowest BCUT2D eigenvalue weighted by Crippen LogP contribution is -2.53. The van der Waals surface area contributed by atoms with Crippen molar-refractivity contribution in [1.82, 2.24) is 4.90 Å². The first-order valence-corrected chi connectivity index (χ1v) is 7.53. The van der Waals surface area contributed by atoms with Gasteiger partial charge in [0, 0.05) is 6.54 Å². The average Bonchev–Trinajstić information content (AvgIpc) is 2.41. The molecule has 20 heavy (non-hydrogen) atoms. The molecular formula is C15H31NO4. The number of ether oxygens (including phenoxy) is 1. The minimum atomic E-state index is -1.47. The van der Waals surface area contributed by atoms with Crippen molar-refractivity contribution in [1.29, 1.82) is 0 Å². The van der Waals surface area contributed by atoms with Gasteiger partial charge in [0.15, 0.2) is 0 Å². The summed E-state index contributed by atoms with van der Waals surface area (Å²) in [5.74, 6) is -0.486. The smallest absolute Gasteiger partial charge is 0.308 e. The summed E-state index contributed by atoms with van der Waals surface area (Å²) >= 11 is 0. The standard InChI is InChI=1S/C15H31NO4/c1-6-8-9-12(3)13(17)20-11-15(4,19)14(18)16(5)10-7-2/h12,14,18-19H,6-11H2,1-5H3/t12?,14?,15-/m1/s1. The number of carbonyl (C=O) groups excluding carboxylic acids is 1. The first-order valence-electron chi connectivity index (χ1n) is 7.53. The maximum absolute atomic E-state index is 11.8. The van der Waals surface area contributed by atoms with Gasteiger partial charge in [0.1, 0.15) is 18.4 Å². The van der Waals surface area contributed by atoms with Gasteiger partial charge in [-0.2, -0.15) is 0 Å². The number of carbonyl (C=O) groups is 1. The molecule has 2 unspecified atom stereocenters. The lowest BCUT2D eigenvalue weighted by atomic mass is 10.0. The highest BCUT2D eigenvalue weighted by molar-refractivity contribution is 5.71. The number of aliphatic hydroxyl groups is 2. The van der Waals surface area contributed by atoms with E-state index < -0.39 is 11.8 Å². The van der Waals surface area contributed by atoms with Crippen LogP contribution in [0.4, 0.5) is 0 Å². The fourth-order valence-electron chi connectivity index (χ4n) is 2.01. The van der Waals surface area contributed by atoms with E-state index >= 15 is 0 Å². The highest BCUT2D eigenvalue weighted by atomic mass is 16.5. The van der Waals surface area contributed by atoms with Gasteiger partial charge in [0.05, 0.1) is 5.92 Å². The van der Waals surface area contributed by atoms with Gasteiger partial charge in [-0.3, -0.25) is 9.69 Å². The first kappa shape index (κ1) is 19.4. The molecule has 0 bridgehead atoms. The molecule has 0 fully saturated rings. The van der Waals surface area contributed by atoms with Crippen LogP contribution in [-0.2, 0) is 9.53 Å². The van der Waals surface area contributed by atoms with Crippen molar-refractivity contribution in [2.75, 3.05) is 20.2 Å². The highest BCUT2D eigenvalue weighted by Gasteiger charge is 2.35. The number of hydrogen-bond donors (Lipinski definition) is 2. The van der Waals surface area contributed by atoms with Gasteiger partial charge in [-0.25, -0.2) is 0 Å². The molecule has 0 aliphatic heterocycles. The molecule has 120 valence electrons. The lowest BCUT2D eigenvalue weighted by Gasteiger charge is -2.34. The van der Waals surface area contributed by atoms with Gasteiger partial charge in [0.2, 0.25) is 0 Å². The summed E-state index contributed by atoms with van der Waals surface area (Å²) in [5, 5.41) is 20.3. The van der Waals surface area contributed by atoms with Crippen molar-refractivity contribution in [3.8, 4) is 0 Å². The predicted molar refractivity (Wildman–Crippen MR) is 79.2 cm³/mol. The van der Waals surface area contributed by atoms with E-state index in [0.717, 1.165) is 25.7 Å². The topological polar surface area (TPSA) is 70.0 Å². The van der Waals surface area contributed by atoms with E-state index in [9.17, 15) is 15.0 Å². The molecule has 0 spiro atoms. The van der Waals surface area contributed by atoms with E-state index in [1.54, 1.807) is 11.9 Å². The Balaban J connectivity index is 4.29. The van der Waals surface area contributed by atoms with E-state index in [1.807, 2.05) is 13.8 Å². The summed E-state index contributed by atoms with van der Waals surface area (Å²) in [5.41, 5.74) is -1.47. The van der Waals surface area contributed by atoms with Crippen LogP contribution in [0.1, 0.15) is 53.4 Å². The van der Waals surface area contributed by atoms with Crippen LogP contribution in [0.15, 0.2) is 0 Å². The van der Waals surface area contributed by atoms with Crippen molar-refractivity contribution < 1.29 is 19.7 Å². The highest BCUT2D eigenvalue weighted by Crippen LogP contribution is 2.16. The molecular weight excluding hydrogens is 258 g/mol. The Morgan fingerprint density at radius 2 is 1.95 bits per heavy atom. The second-order valence-corrected chi connectivity index (χ2v) is 5.86. The number of esters is 1. The summed E-state index contributed by atoms with van der Waals surface area (Å²) in [6.07, 6.45) is 2.62. The van der Waals surface area contributed by atoms with Gasteiger partial charge in [-0.05, 0) is 26.8 Å². The third-order valence-electron chi connectivity index (χ3n) is 3.45. The third kappa shape index (κ3) is 6.68. The van der Waals surface area contributed by atoms with Crippen LogP contribution >= 0.6 is 0 Å². The van der Waals surface area contributed by atoms with Crippen molar-refractivity contribution >= 4 is 5.97 Å². The largest absolute Gasteiger partial charge is 0.462 e. The number of nitrogens with zero attached hydrogens (tertiary/aromatic N) is 1. The fourth-order valence-corrected chi connectivity index (χ4v) is 2.01. The SMILES string of the molecule is CCCCC(C)C(=O)OC[C@@](C)(O)C(O)N(C)CCC. The normalized spacial score (nSPS) is 17.6. The molecule has 0 saturated carbocycles. The van der Waals surface area contributed by atoms with Gasteiger partial charge in [-0.1, -0.05) is 33.6 Å². The molecule has 5 nitrogen and oxygen atoms in total. The number of likely N-dealkylation sites (N-methyl/N-ethyl adjacent to an activating group) is 1. The van der Waals surface area contributed by atoms with Gasteiger partial charge < -0.3 is 14.9 Å². The van der Waals surface area contributed by atoms with Crippen molar-refractivity contribution in [3.63, 3.8) is 0 Å². The van der Waals surface area contributed by atoms with E-state index in [4.69, 9.17) is 4.74 Å². The van der Waals surface area contributed by atoms with E-state index in [-0.39, 0.29) is 18.5 Å². The van der Waals surface area contributed by atoms with E-state index in [2.05, 4.69) is 6.92 Å². The maximum Gasteiger partial charge on any atom is 0.308 e. The summed E-state index contributed by atoms with van der Waals surface area (Å²) in [7, 11) is 1.73. The molecule has 0 aliphatic carbocycles. The summed E-state index contributed by atoms with van der Waals surface area (Å²) in [6.45, 7) is 7.84. The van der Waals surface area contributed by atoms with Gasteiger partial charge in [-0.15, -0.1) is 0 Å². The van der Waals surface area contributed by atoms with Crippen LogP contribution in [0.2, 0.25) is 0 Å². The Kier molecular flexibility index (Phi) is 9.01. The van der Waals surface area contributed by atoms with E-state index in [1.165, 1.54) is 6.92 Å². The van der Waals surface area contributed by atoms with Gasteiger partial charge in [0.25, 0.3) is 0 Å². The first-order chi connectivity index (χ1) is 9.26. The van der Waals surface area contributed by atoms with Crippen LogP contribution in [0, 0.1) is 5.92 Å². The number of hydrogen-bond acceptors (Lipinski definition) is 5.